The number of aromatic nitrogens is 1. The lowest BCUT2D eigenvalue weighted by atomic mass is 10.1. The summed E-state index contributed by atoms with van der Waals surface area (Å²) in [5.41, 5.74) is 8.04. The fourth-order valence-electron chi connectivity index (χ4n) is 1.86. The molecular formula is C15H17ClN2O. The molecule has 1 aromatic carbocycles. The molecular weight excluding hydrogens is 260 g/mol. The van der Waals surface area contributed by atoms with Gasteiger partial charge in [-0.25, -0.2) is 0 Å². The Bertz CT molecular complexity index is 499. The monoisotopic (exact) mass is 276 g/mol. The number of halogens is 1. The van der Waals surface area contributed by atoms with Crippen LogP contribution in [-0.2, 0) is 11.3 Å². The number of hydrogen-bond acceptors (Lipinski definition) is 3. The van der Waals surface area contributed by atoms with Gasteiger partial charge >= 0.3 is 0 Å². The van der Waals surface area contributed by atoms with Crippen LogP contribution in [0.15, 0.2) is 48.8 Å². The minimum atomic E-state index is -0.163. The fourth-order valence-corrected chi connectivity index (χ4v) is 1.99. The molecule has 1 heterocycles. The molecule has 19 heavy (non-hydrogen) atoms. The summed E-state index contributed by atoms with van der Waals surface area (Å²) >= 11 is 5.85. The van der Waals surface area contributed by atoms with Gasteiger partial charge in [0.15, 0.2) is 0 Å². The fraction of sp³-hybridized carbons (Fsp3) is 0.267. The van der Waals surface area contributed by atoms with Crippen molar-refractivity contribution in [3.05, 3.63) is 64.9 Å². The molecule has 0 amide bonds. The molecule has 0 spiro atoms. The van der Waals surface area contributed by atoms with E-state index in [1.807, 2.05) is 43.3 Å². The predicted molar refractivity (Wildman–Crippen MR) is 76.9 cm³/mol. The lowest BCUT2D eigenvalue weighted by Crippen LogP contribution is -2.27. The summed E-state index contributed by atoms with van der Waals surface area (Å²) in [6, 6.07) is 11.4. The average Bonchev–Trinajstić information content (AvgIpc) is 2.42. The lowest BCUT2D eigenvalue weighted by Gasteiger charge is -2.21. The van der Waals surface area contributed by atoms with E-state index in [0.717, 1.165) is 16.1 Å². The summed E-state index contributed by atoms with van der Waals surface area (Å²) in [5, 5.41) is 0.722. The van der Waals surface area contributed by atoms with E-state index in [1.165, 1.54) is 0 Å². The zero-order valence-electron chi connectivity index (χ0n) is 10.8. The summed E-state index contributed by atoms with van der Waals surface area (Å²) in [7, 11) is 0. The maximum atomic E-state index is 5.98. The van der Waals surface area contributed by atoms with Crippen LogP contribution < -0.4 is 5.73 Å². The number of nitrogens with zero attached hydrogens (tertiary/aromatic N) is 1. The summed E-state index contributed by atoms with van der Waals surface area (Å²) < 4.78 is 5.91. The smallest absolute Gasteiger partial charge is 0.0992 e. The average molecular weight is 277 g/mol. The molecule has 0 aliphatic heterocycles. The number of pyridine rings is 1. The zero-order valence-corrected chi connectivity index (χ0v) is 11.5. The van der Waals surface area contributed by atoms with Crippen LogP contribution in [0.4, 0.5) is 0 Å². The van der Waals surface area contributed by atoms with Crippen molar-refractivity contribution in [3.8, 4) is 0 Å². The molecule has 2 atom stereocenters. The van der Waals surface area contributed by atoms with Crippen molar-refractivity contribution in [2.45, 2.75) is 25.7 Å². The highest BCUT2D eigenvalue weighted by atomic mass is 35.5. The highest BCUT2D eigenvalue weighted by molar-refractivity contribution is 6.30. The topological polar surface area (TPSA) is 48.1 Å². The molecule has 0 bridgehead atoms. The van der Waals surface area contributed by atoms with Gasteiger partial charge in [0.25, 0.3) is 0 Å². The predicted octanol–water partition coefficient (Wildman–Crippen LogP) is 3.34. The van der Waals surface area contributed by atoms with Crippen LogP contribution in [0.5, 0.6) is 0 Å². The van der Waals surface area contributed by atoms with Gasteiger partial charge < -0.3 is 10.5 Å². The van der Waals surface area contributed by atoms with Gasteiger partial charge in [-0.2, -0.15) is 0 Å². The summed E-state index contributed by atoms with van der Waals surface area (Å²) in [6.07, 6.45) is 3.36. The molecule has 0 fully saturated rings. The van der Waals surface area contributed by atoms with Gasteiger partial charge in [0.2, 0.25) is 0 Å². The molecule has 0 radical (unpaired) electrons. The third-order valence-electron chi connectivity index (χ3n) is 2.83. The van der Waals surface area contributed by atoms with E-state index in [1.54, 1.807) is 12.4 Å². The van der Waals surface area contributed by atoms with E-state index < -0.39 is 0 Å². The molecule has 0 aliphatic carbocycles. The third-order valence-corrected chi connectivity index (χ3v) is 3.09. The Balaban J connectivity index is 2.04. The van der Waals surface area contributed by atoms with Gasteiger partial charge in [0.05, 0.1) is 12.7 Å². The van der Waals surface area contributed by atoms with Crippen molar-refractivity contribution in [2.75, 3.05) is 0 Å². The highest BCUT2D eigenvalue weighted by Crippen LogP contribution is 2.21. The lowest BCUT2D eigenvalue weighted by molar-refractivity contribution is 0.0257. The van der Waals surface area contributed by atoms with Crippen LogP contribution in [0.3, 0.4) is 0 Å². The van der Waals surface area contributed by atoms with E-state index in [4.69, 9.17) is 22.1 Å². The first-order valence-electron chi connectivity index (χ1n) is 6.18. The Kier molecular flexibility index (Phi) is 4.91. The molecule has 2 unspecified atom stereocenters. The van der Waals surface area contributed by atoms with Crippen molar-refractivity contribution >= 4 is 11.6 Å². The second-order valence-electron chi connectivity index (χ2n) is 4.50. The minimum Gasteiger partial charge on any atom is -0.367 e. The van der Waals surface area contributed by atoms with Crippen molar-refractivity contribution < 1.29 is 4.74 Å². The van der Waals surface area contributed by atoms with E-state index in [0.29, 0.717) is 6.61 Å². The molecule has 4 heteroatoms. The molecule has 1 aromatic heterocycles. The molecule has 2 rings (SSSR count). The number of ether oxygens (including phenoxy) is 1. The van der Waals surface area contributed by atoms with Crippen LogP contribution in [0, 0.1) is 0 Å². The van der Waals surface area contributed by atoms with Crippen molar-refractivity contribution in [1.29, 1.82) is 0 Å². The largest absolute Gasteiger partial charge is 0.367 e. The molecule has 0 saturated carbocycles. The van der Waals surface area contributed by atoms with Crippen molar-refractivity contribution in [1.82, 2.24) is 4.98 Å². The van der Waals surface area contributed by atoms with Gasteiger partial charge in [0, 0.05) is 29.0 Å². The van der Waals surface area contributed by atoms with Crippen LogP contribution in [0.25, 0.3) is 0 Å². The molecule has 0 saturated heterocycles. The first-order valence-corrected chi connectivity index (χ1v) is 6.56. The zero-order chi connectivity index (χ0) is 13.7. The number of rotatable bonds is 5. The van der Waals surface area contributed by atoms with Crippen molar-refractivity contribution in [2.24, 2.45) is 5.73 Å². The first kappa shape index (κ1) is 14.0. The second kappa shape index (κ2) is 6.66. The minimum absolute atomic E-state index is 0.100. The van der Waals surface area contributed by atoms with E-state index in [9.17, 15) is 0 Å². The number of nitrogens with two attached hydrogens (primary N) is 1. The normalized spacial score (nSPS) is 14.1. The number of benzene rings is 1. The van der Waals surface area contributed by atoms with Gasteiger partial charge in [0.1, 0.15) is 0 Å². The summed E-state index contributed by atoms with van der Waals surface area (Å²) in [6.45, 7) is 2.43. The Morgan fingerprint density at radius 1 is 1.26 bits per heavy atom. The first-order chi connectivity index (χ1) is 9.16. The number of hydrogen-bond donors (Lipinski definition) is 1. The maximum Gasteiger partial charge on any atom is 0.0992 e. The molecule has 3 nitrogen and oxygen atoms in total. The van der Waals surface area contributed by atoms with Gasteiger partial charge in [-0.15, -0.1) is 0 Å². The van der Waals surface area contributed by atoms with E-state index in [-0.39, 0.29) is 12.1 Å². The van der Waals surface area contributed by atoms with Crippen LogP contribution >= 0.6 is 11.6 Å². The summed E-state index contributed by atoms with van der Waals surface area (Å²) in [4.78, 5) is 4.10. The van der Waals surface area contributed by atoms with E-state index in [2.05, 4.69) is 4.98 Å². The Morgan fingerprint density at radius 2 is 2.00 bits per heavy atom. The maximum absolute atomic E-state index is 5.98. The molecule has 100 valence electrons. The van der Waals surface area contributed by atoms with Gasteiger partial charge in [-0.1, -0.05) is 29.8 Å². The van der Waals surface area contributed by atoms with E-state index >= 15 is 0 Å². The van der Waals surface area contributed by atoms with Gasteiger partial charge in [-0.3, -0.25) is 4.98 Å². The van der Waals surface area contributed by atoms with Crippen LogP contribution in [0.2, 0.25) is 5.02 Å². The summed E-state index contributed by atoms with van der Waals surface area (Å²) in [5.74, 6) is 0. The SMILES string of the molecule is CC(N)C(OCc1ccc(Cl)cc1)c1cccnc1. The third kappa shape index (κ3) is 4.03. The van der Waals surface area contributed by atoms with Crippen molar-refractivity contribution in [3.63, 3.8) is 0 Å². The van der Waals surface area contributed by atoms with Crippen LogP contribution in [0.1, 0.15) is 24.2 Å². The molecule has 0 aliphatic rings. The Morgan fingerprint density at radius 3 is 2.58 bits per heavy atom. The second-order valence-corrected chi connectivity index (χ2v) is 4.94. The standard InChI is InChI=1S/C15H17ClN2O/c1-11(17)15(13-3-2-8-18-9-13)19-10-12-4-6-14(16)7-5-12/h2-9,11,15H,10,17H2,1H3. The Labute approximate surface area is 118 Å². The highest BCUT2D eigenvalue weighted by Gasteiger charge is 2.17. The van der Waals surface area contributed by atoms with Gasteiger partial charge in [-0.05, 0) is 30.7 Å². The molecule has 2 aromatic rings. The van der Waals surface area contributed by atoms with Crippen LogP contribution in [-0.4, -0.2) is 11.0 Å². The molecule has 2 N–H and O–H groups in total. The quantitative estimate of drug-likeness (QED) is 0.911. The Hall–Kier alpha value is -1.42.